The van der Waals surface area contributed by atoms with Crippen molar-refractivity contribution in [2.75, 3.05) is 0 Å². The molecular weight excluding hydrogens is 419 g/mol. The molecule has 25 heavy (non-hydrogen) atoms. The number of aromatic nitrogens is 2. The Labute approximate surface area is 170 Å². The number of benzene rings is 2. The van der Waals surface area contributed by atoms with Crippen LogP contribution >= 0.6 is 23.2 Å². The molecule has 0 atom stereocenters. The lowest BCUT2D eigenvalue weighted by Crippen LogP contribution is -3.00. The maximum Gasteiger partial charge on any atom is 0.255 e. The maximum atomic E-state index is 6.43. The van der Waals surface area contributed by atoms with Gasteiger partial charge in [-0.05, 0) is 58.4 Å². The molecule has 0 saturated carbocycles. The summed E-state index contributed by atoms with van der Waals surface area (Å²) < 4.78 is 4.08. The zero-order valence-corrected chi connectivity index (χ0v) is 17.5. The zero-order chi connectivity index (χ0) is 16.9. The Morgan fingerprint density at radius 1 is 0.960 bits per heavy atom. The standard InChI is InChI=1S/C20H23Cl2N2.BrH/c1-2-3-4-7-12-23-15-24(20(22)19(23)21)14-16-10-11-17-8-5-6-9-18(17)13-16;/h5-6,8-11,13,15H,2-4,7,12,14H2,1H3;1H/q+1;/p-1. The maximum absolute atomic E-state index is 6.43. The number of aryl methyl sites for hydroxylation is 1. The van der Waals surface area contributed by atoms with Crippen LogP contribution in [0.1, 0.15) is 38.2 Å². The predicted molar refractivity (Wildman–Crippen MR) is 102 cm³/mol. The van der Waals surface area contributed by atoms with E-state index in [1.807, 2.05) is 10.9 Å². The van der Waals surface area contributed by atoms with Crippen molar-refractivity contribution in [3.63, 3.8) is 0 Å². The van der Waals surface area contributed by atoms with Crippen molar-refractivity contribution in [2.45, 2.75) is 45.7 Å². The van der Waals surface area contributed by atoms with Crippen molar-refractivity contribution in [2.24, 2.45) is 0 Å². The molecule has 0 bridgehead atoms. The fraction of sp³-hybridized carbons (Fsp3) is 0.350. The summed E-state index contributed by atoms with van der Waals surface area (Å²) in [5.74, 6) is 0. The molecule has 0 spiro atoms. The predicted octanol–water partition coefficient (Wildman–Crippen LogP) is 2.87. The highest BCUT2D eigenvalue weighted by Crippen LogP contribution is 2.21. The quantitative estimate of drug-likeness (QED) is 0.393. The average Bonchev–Trinajstić information content (AvgIpc) is 2.87. The molecule has 0 unspecified atom stereocenters. The van der Waals surface area contributed by atoms with E-state index in [0.29, 0.717) is 10.3 Å². The third kappa shape index (κ3) is 4.99. The van der Waals surface area contributed by atoms with Crippen LogP contribution in [-0.4, -0.2) is 4.57 Å². The Morgan fingerprint density at radius 3 is 2.48 bits per heavy atom. The van der Waals surface area contributed by atoms with Gasteiger partial charge in [-0.3, -0.25) is 0 Å². The first-order chi connectivity index (χ1) is 11.7. The van der Waals surface area contributed by atoms with Gasteiger partial charge in [0.05, 0.1) is 6.54 Å². The van der Waals surface area contributed by atoms with Crippen molar-refractivity contribution in [3.8, 4) is 0 Å². The van der Waals surface area contributed by atoms with Crippen molar-refractivity contribution < 1.29 is 21.5 Å². The van der Waals surface area contributed by atoms with Crippen LogP contribution in [0.2, 0.25) is 10.3 Å². The summed E-state index contributed by atoms with van der Waals surface area (Å²) in [5, 5.41) is 3.75. The van der Waals surface area contributed by atoms with Crippen LogP contribution in [0.25, 0.3) is 10.8 Å². The Morgan fingerprint density at radius 2 is 1.72 bits per heavy atom. The molecule has 0 aliphatic heterocycles. The highest BCUT2D eigenvalue weighted by atomic mass is 79.9. The van der Waals surface area contributed by atoms with Gasteiger partial charge < -0.3 is 17.0 Å². The van der Waals surface area contributed by atoms with Crippen LogP contribution < -0.4 is 21.5 Å². The Balaban J connectivity index is 0.00000225. The van der Waals surface area contributed by atoms with E-state index in [-0.39, 0.29) is 17.0 Å². The lowest BCUT2D eigenvalue weighted by Gasteiger charge is -2.02. The molecule has 0 radical (unpaired) electrons. The molecule has 0 fully saturated rings. The van der Waals surface area contributed by atoms with Gasteiger partial charge in [-0.15, -0.1) is 0 Å². The van der Waals surface area contributed by atoms with E-state index in [9.17, 15) is 0 Å². The fourth-order valence-electron chi connectivity index (χ4n) is 3.02. The number of halogens is 3. The van der Waals surface area contributed by atoms with Gasteiger partial charge in [0, 0.05) is 0 Å². The lowest BCUT2D eigenvalue weighted by molar-refractivity contribution is -0.685. The van der Waals surface area contributed by atoms with Gasteiger partial charge in [-0.2, -0.15) is 0 Å². The summed E-state index contributed by atoms with van der Waals surface area (Å²) in [6, 6.07) is 14.9. The van der Waals surface area contributed by atoms with Gasteiger partial charge in [0.2, 0.25) is 6.33 Å². The highest BCUT2D eigenvalue weighted by Gasteiger charge is 2.20. The third-order valence-electron chi connectivity index (χ3n) is 4.37. The molecule has 134 valence electrons. The summed E-state index contributed by atoms with van der Waals surface area (Å²) >= 11 is 12.8. The van der Waals surface area contributed by atoms with Gasteiger partial charge in [0.15, 0.2) is 0 Å². The first kappa shape index (κ1) is 20.3. The second kappa shape index (κ2) is 9.61. The molecular formula is C20H23BrCl2N2. The number of nitrogens with zero attached hydrogens (tertiary/aromatic N) is 2. The zero-order valence-electron chi connectivity index (χ0n) is 14.4. The first-order valence-corrected chi connectivity index (χ1v) is 9.36. The summed E-state index contributed by atoms with van der Waals surface area (Å²) in [6.45, 7) is 3.87. The molecule has 1 heterocycles. The molecule has 0 saturated heterocycles. The molecule has 0 N–H and O–H groups in total. The van der Waals surface area contributed by atoms with E-state index in [0.717, 1.165) is 19.5 Å². The van der Waals surface area contributed by atoms with E-state index in [1.54, 1.807) is 0 Å². The van der Waals surface area contributed by atoms with E-state index in [2.05, 4.69) is 54.0 Å². The molecule has 0 amide bonds. The van der Waals surface area contributed by atoms with E-state index >= 15 is 0 Å². The molecule has 3 rings (SSSR count). The summed E-state index contributed by atoms with van der Waals surface area (Å²) in [4.78, 5) is 0. The summed E-state index contributed by atoms with van der Waals surface area (Å²) in [5.41, 5.74) is 1.22. The van der Waals surface area contributed by atoms with Crippen molar-refractivity contribution in [1.82, 2.24) is 4.57 Å². The first-order valence-electron chi connectivity index (χ1n) is 8.60. The van der Waals surface area contributed by atoms with Crippen LogP contribution in [0.3, 0.4) is 0 Å². The fourth-order valence-corrected chi connectivity index (χ4v) is 3.46. The molecule has 2 nitrogen and oxygen atoms in total. The normalized spacial score (nSPS) is 10.8. The van der Waals surface area contributed by atoms with Gasteiger partial charge in [-0.25, -0.2) is 9.13 Å². The number of rotatable bonds is 7. The summed E-state index contributed by atoms with van der Waals surface area (Å²) in [7, 11) is 0. The van der Waals surface area contributed by atoms with E-state index in [1.165, 1.54) is 35.6 Å². The number of unbranched alkanes of at least 4 members (excludes halogenated alkanes) is 3. The molecule has 5 heteroatoms. The topological polar surface area (TPSA) is 8.81 Å². The second-order valence-corrected chi connectivity index (χ2v) is 6.98. The van der Waals surface area contributed by atoms with E-state index < -0.39 is 0 Å². The van der Waals surface area contributed by atoms with Crippen molar-refractivity contribution >= 4 is 34.0 Å². The monoisotopic (exact) mass is 440 g/mol. The number of fused-ring (bicyclic) bond motifs is 1. The van der Waals surface area contributed by atoms with Crippen LogP contribution in [0, 0.1) is 0 Å². The van der Waals surface area contributed by atoms with Crippen molar-refractivity contribution in [1.29, 1.82) is 0 Å². The van der Waals surface area contributed by atoms with Gasteiger partial charge >= 0.3 is 0 Å². The number of hydrogen-bond donors (Lipinski definition) is 0. The van der Waals surface area contributed by atoms with Crippen LogP contribution in [0.4, 0.5) is 0 Å². The molecule has 2 aromatic carbocycles. The average molecular weight is 442 g/mol. The minimum absolute atomic E-state index is 0. The third-order valence-corrected chi connectivity index (χ3v) is 5.26. The minimum atomic E-state index is 0. The lowest BCUT2D eigenvalue weighted by atomic mass is 10.1. The Kier molecular flexibility index (Phi) is 7.80. The van der Waals surface area contributed by atoms with Crippen molar-refractivity contribution in [3.05, 3.63) is 64.7 Å². The Bertz CT molecular complexity index is 830. The van der Waals surface area contributed by atoms with Crippen LogP contribution in [0.15, 0.2) is 48.8 Å². The summed E-state index contributed by atoms with van der Waals surface area (Å²) in [6.07, 6.45) is 6.90. The minimum Gasteiger partial charge on any atom is -1.00 e. The van der Waals surface area contributed by atoms with Gasteiger partial charge in [0.25, 0.3) is 10.3 Å². The second-order valence-electron chi connectivity index (χ2n) is 6.26. The highest BCUT2D eigenvalue weighted by molar-refractivity contribution is 6.39. The molecule has 3 aromatic rings. The Hall–Kier alpha value is -1.03. The number of hydrogen-bond acceptors (Lipinski definition) is 0. The van der Waals surface area contributed by atoms with Crippen LogP contribution in [-0.2, 0) is 13.1 Å². The largest absolute Gasteiger partial charge is 1.00 e. The smallest absolute Gasteiger partial charge is 0.255 e. The van der Waals surface area contributed by atoms with Gasteiger partial charge in [-0.1, -0.05) is 56.2 Å². The van der Waals surface area contributed by atoms with Crippen LogP contribution in [0.5, 0.6) is 0 Å². The van der Waals surface area contributed by atoms with E-state index in [4.69, 9.17) is 23.2 Å². The molecule has 1 aromatic heterocycles. The van der Waals surface area contributed by atoms with Gasteiger partial charge in [0.1, 0.15) is 6.54 Å². The molecule has 0 aliphatic carbocycles. The number of imidazole rings is 1. The molecule has 0 aliphatic rings. The SMILES string of the molecule is CCCCCCn1c[n+](Cc2ccc3ccccc3c2)c(Cl)c1Cl.[Br-].